The van der Waals surface area contributed by atoms with Crippen molar-refractivity contribution in [2.24, 2.45) is 0 Å². The molecule has 0 saturated carbocycles. The number of halogens is 2. The Bertz CT molecular complexity index is 521. The zero-order valence-corrected chi connectivity index (χ0v) is 31.2. The summed E-state index contributed by atoms with van der Waals surface area (Å²) >= 11 is 0. The van der Waals surface area contributed by atoms with Crippen LogP contribution < -0.4 is 0 Å². The highest BCUT2D eigenvalue weighted by Crippen LogP contribution is 2.62. The summed E-state index contributed by atoms with van der Waals surface area (Å²) < 4.78 is 39.0. The van der Waals surface area contributed by atoms with Gasteiger partial charge in [-0.15, -0.1) is 0 Å². The molecule has 0 aromatic rings. The van der Waals surface area contributed by atoms with Gasteiger partial charge in [-0.3, -0.25) is 0 Å². The number of rotatable bonds is 11. The summed E-state index contributed by atoms with van der Waals surface area (Å²) in [6.07, 6.45) is 0. The van der Waals surface area contributed by atoms with Gasteiger partial charge < -0.3 is 8.22 Å². The normalized spacial score (nSPS) is 18.9. The van der Waals surface area contributed by atoms with Crippen LogP contribution in [0.25, 0.3) is 0 Å². The molecule has 0 aromatic carbocycles. The molecule has 0 fully saturated rings. The second kappa shape index (κ2) is 10.3. The zero-order valence-electron chi connectivity index (χ0n) is 25.2. The molecule has 0 N–H and O–H groups in total. The van der Waals surface area contributed by atoms with Crippen molar-refractivity contribution < 1.29 is 8.22 Å². The summed E-state index contributed by atoms with van der Waals surface area (Å²) in [5.41, 5.74) is 1.77. The molecule has 0 saturated heterocycles. The van der Waals surface area contributed by atoms with Gasteiger partial charge in [-0.05, 0) is 0 Å². The van der Waals surface area contributed by atoms with E-state index in [1.807, 2.05) is 0 Å². The number of hydrogen-bond acceptors (Lipinski definition) is 0. The first-order chi connectivity index (χ1) is 13.9. The van der Waals surface area contributed by atoms with Gasteiger partial charge in [0.1, 0.15) is 0 Å². The Morgan fingerprint density at radius 3 is 0.531 bits per heavy atom. The molecule has 0 amide bonds. The lowest BCUT2D eigenvalue weighted by Crippen LogP contribution is -2.98. The Hall–Kier alpha value is 1.16. The Morgan fingerprint density at radius 2 is 0.469 bits per heavy atom. The van der Waals surface area contributed by atoms with Crippen molar-refractivity contribution in [3.05, 3.63) is 0 Å². The minimum atomic E-state index is -3.76. The van der Waals surface area contributed by atoms with Gasteiger partial charge in [-0.1, -0.05) is 156 Å². The molecule has 0 aliphatic carbocycles. The molecule has 0 aliphatic heterocycles. The maximum Gasteiger partial charge on any atom is 0.240 e. The lowest BCUT2D eigenvalue weighted by molar-refractivity contribution is 0.759. The molecular weight excluding hydrogens is 495 g/mol. The molecule has 0 aliphatic rings. The molecule has 0 radical (unpaired) electrons. The molecular formula is C24H60F2Si6. The van der Waals surface area contributed by atoms with E-state index in [9.17, 15) is 0 Å². The summed E-state index contributed by atoms with van der Waals surface area (Å²) in [4.78, 5) is 0. The SMILES string of the molecule is CC(C)[Si](C(C)C)(C(C)C)[Si@](F)([Si](C)(C)C)[Si@@](F)([Si](C)(C)C)[Si](C(C)C)(C(C)C)C(C)C. The minimum absolute atomic E-state index is 0.294. The van der Waals surface area contributed by atoms with Crippen molar-refractivity contribution in [2.45, 2.75) is 156 Å². The van der Waals surface area contributed by atoms with Crippen molar-refractivity contribution in [2.75, 3.05) is 0 Å². The highest BCUT2D eigenvalue weighted by Gasteiger charge is 2.86. The second-order valence-corrected chi connectivity index (χ2v) is 72.5. The van der Waals surface area contributed by atoms with Crippen LogP contribution in [0.15, 0.2) is 0 Å². The molecule has 0 nitrogen and oxygen atoms in total. The molecule has 0 spiro atoms. The van der Waals surface area contributed by atoms with E-state index in [1.54, 1.807) is 0 Å². The highest BCUT2D eigenvalue weighted by atomic mass is 30.2. The van der Waals surface area contributed by atoms with Gasteiger partial charge in [0.05, 0.1) is 30.4 Å². The van der Waals surface area contributed by atoms with Gasteiger partial charge in [0.15, 0.2) is 0 Å². The van der Waals surface area contributed by atoms with Crippen LogP contribution in [-0.2, 0) is 0 Å². The average Bonchev–Trinajstić information content (AvgIpc) is 2.50. The Labute approximate surface area is 207 Å². The van der Waals surface area contributed by atoms with Crippen LogP contribution in [0.3, 0.4) is 0 Å². The van der Waals surface area contributed by atoms with Crippen LogP contribution in [0.5, 0.6) is 0 Å². The van der Waals surface area contributed by atoms with Crippen LogP contribution in [0.1, 0.15) is 83.1 Å². The summed E-state index contributed by atoms with van der Waals surface area (Å²) in [7, 11) is -10.1. The van der Waals surface area contributed by atoms with Gasteiger partial charge in [0, 0.05) is 0 Å². The molecule has 8 heteroatoms. The van der Waals surface area contributed by atoms with Gasteiger partial charge in [-0.25, -0.2) is 0 Å². The topological polar surface area (TPSA) is 0 Å². The van der Waals surface area contributed by atoms with Gasteiger partial charge >= 0.3 is 0 Å². The largest absolute Gasteiger partial charge is 0.322 e. The quantitative estimate of drug-likeness (QED) is 0.176. The van der Waals surface area contributed by atoms with E-state index >= 15 is 8.22 Å². The fourth-order valence-electron chi connectivity index (χ4n) is 9.32. The van der Waals surface area contributed by atoms with Crippen molar-refractivity contribution in [3.63, 3.8) is 0 Å². The molecule has 32 heavy (non-hydrogen) atoms. The predicted molar refractivity (Wildman–Crippen MR) is 163 cm³/mol. The first kappa shape index (κ1) is 33.2. The van der Waals surface area contributed by atoms with E-state index < -0.39 is 44.3 Å². The summed E-state index contributed by atoms with van der Waals surface area (Å²) in [6, 6.07) is 0. The Morgan fingerprint density at radius 1 is 0.344 bits per heavy atom. The predicted octanol–water partition coefficient (Wildman–Crippen LogP) is 10.2. The molecule has 0 unspecified atom stereocenters. The summed E-state index contributed by atoms with van der Waals surface area (Å²) in [5.74, 6) is 0. The van der Waals surface area contributed by atoms with E-state index in [2.05, 4.69) is 122 Å². The van der Waals surface area contributed by atoms with E-state index in [4.69, 9.17) is 0 Å². The third kappa shape index (κ3) is 4.20. The molecule has 0 rings (SSSR count). The molecule has 194 valence electrons. The van der Waals surface area contributed by atoms with E-state index in [0.717, 1.165) is 0 Å². The van der Waals surface area contributed by atoms with Crippen LogP contribution >= 0.6 is 0 Å². The van der Waals surface area contributed by atoms with Crippen LogP contribution in [0.4, 0.5) is 8.22 Å². The third-order valence-corrected chi connectivity index (χ3v) is 125. The Balaban J connectivity index is 8.47. The molecule has 0 heterocycles. The monoisotopic (exact) mass is 554 g/mol. The third-order valence-electron chi connectivity index (χ3n) is 9.47. The Kier molecular flexibility index (Phi) is 10.6. The van der Waals surface area contributed by atoms with Crippen molar-refractivity contribution >= 4 is 44.3 Å². The maximum atomic E-state index is 19.5. The standard InChI is InChI=1S/C24H60F2Si6/c1-19(2)29(20(3)4,21(5)6)31(25,27(13,14)15)32(26,28(16,17)18)30(22(7)8,23(9)10)24(11)12/h19-24H,1-18H3/t31-,32-/m0/s1. The van der Waals surface area contributed by atoms with E-state index in [-0.39, 0.29) is 0 Å². The molecule has 0 bridgehead atoms. The summed E-state index contributed by atoms with van der Waals surface area (Å²) in [5, 5.41) is 0. The van der Waals surface area contributed by atoms with Crippen LogP contribution in [-0.4, -0.2) is 44.3 Å². The second-order valence-electron chi connectivity index (χ2n) is 14.6. The smallest absolute Gasteiger partial charge is 0.240 e. The molecule has 2 atom stereocenters. The average molecular weight is 555 g/mol. The van der Waals surface area contributed by atoms with Crippen LogP contribution in [0.2, 0.25) is 72.5 Å². The first-order valence-electron chi connectivity index (χ1n) is 13.3. The highest BCUT2D eigenvalue weighted by molar-refractivity contribution is 8.07. The lowest BCUT2D eigenvalue weighted by atomic mass is 10.5. The fraction of sp³-hybridized carbons (Fsp3) is 1.00. The minimum Gasteiger partial charge on any atom is -0.322 e. The van der Waals surface area contributed by atoms with Crippen molar-refractivity contribution in [3.8, 4) is 0 Å². The van der Waals surface area contributed by atoms with Gasteiger partial charge in [0.2, 0.25) is 13.9 Å². The lowest BCUT2D eigenvalue weighted by Gasteiger charge is -2.67. The van der Waals surface area contributed by atoms with Gasteiger partial charge in [-0.2, -0.15) is 0 Å². The van der Waals surface area contributed by atoms with Crippen molar-refractivity contribution in [1.29, 1.82) is 0 Å². The van der Waals surface area contributed by atoms with Gasteiger partial charge in [0.25, 0.3) is 0 Å². The van der Waals surface area contributed by atoms with Crippen molar-refractivity contribution in [1.82, 2.24) is 0 Å². The summed E-state index contributed by atoms with van der Waals surface area (Å²) in [6.45, 7) is 33.5. The first-order valence-corrected chi connectivity index (χ1v) is 33.5. The van der Waals surface area contributed by atoms with E-state index in [0.29, 0.717) is 33.2 Å². The number of hydrogen-bond donors (Lipinski definition) is 0. The zero-order chi connectivity index (χ0) is 26.5. The van der Waals surface area contributed by atoms with Crippen LogP contribution in [0, 0.1) is 0 Å². The molecule has 0 aromatic heterocycles. The maximum absolute atomic E-state index is 19.5. The van der Waals surface area contributed by atoms with E-state index in [1.165, 1.54) is 0 Å². The fourth-order valence-corrected chi connectivity index (χ4v) is 208.